The number of nitrogens with one attached hydrogen (secondary N) is 2. The molecule has 1 unspecified atom stereocenters. The van der Waals surface area contributed by atoms with Crippen LogP contribution in [0.4, 0.5) is 23.9 Å². The van der Waals surface area contributed by atoms with Gasteiger partial charge in [0.15, 0.2) is 0 Å². The zero-order valence-electron chi connectivity index (χ0n) is 24.1. The monoisotopic (exact) mass is 587 g/mol. The van der Waals surface area contributed by atoms with Gasteiger partial charge < -0.3 is 29.2 Å². The molecule has 4 aromatic heterocycles. The van der Waals surface area contributed by atoms with Crippen molar-refractivity contribution in [2.24, 2.45) is 0 Å². The number of carbonyl (C=O) groups is 1. The number of amides is 1. The third-order valence-electron chi connectivity index (χ3n) is 7.00. The van der Waals surface area contributed by atoms with Crippen molar-refractivity contribution in [2.75, 3.05) is 25.5 Å². The average Bonchev–Trinajstić information content (AvgIpc) is 3.48. The molecule has 5 rings (SSSR count). The highest BCUT2D eigenvalue weighted by Gasteiger charge is 2.38. The minimum atomic E-state index is -4.71. The summed E-state index contributed by atoms with van der Waals surface area (Å²) in [7, 11) is 1.54. The first kappa shape index (κ1) is 29.3. The van der Waals surface area contributed by atoms with Gasteiger partial charge in [-0.2, -0.15) is 13.2 Å². The van der Waals surface area contributed by atoms with Crippen molar-refractivity contribution in [1.82, 2.24) is 30.0 Å². The number of hydrogen-bond donors (Lipinski definition) is 2. The Labute approximate surface area is 239 Å². The summed E-state index contributed by atoms with van der Waals surface area (Å²) >= 11 is 0. The standard InChI is InChI=1S/C28H32F3N7O4/c1-14-22(15(2)42-37-14)19-8-7-16-17(11-32-24(16)34-19)23-18(28(29,30)31)12-33-25(36-23)35-20-13-38(10-9-21(20)40-6)26(39)41-27(3,4)5/h7-8,11-12,20-21H,9-10,13H2,1-6H3,(H,32,34)(H,33,35,36)/t20?,21-/m1/s1. The maximum Gasteiger partial charge on any atom is 0.419 e. The highest BCUT2D eigenvalue weighted by atomic mass is 19.4. The van der Waals surface area contributed by atoms with E-state index in [1.54, 1.807) is 46.8 Å². The average molecular weight is 588 g/mol. The molecule has 5 heterocycles. The number of ether oxygens (including phenoxy) is 2. The highest BCUT2D eigenvalue weighted by Crippen LogP contribution is 2.39. The van der Waals surface area contributed by atoms with Gasteiger partial charge in [0.2, 0.25) is 5.95 Å². The van der Waals surface area contributed by atoms with E-state index in [-0.39, 0.29) is 29.9 Å². The molecule has 42 heavy (non-hydrogen) atoms. The number of likely N-dealkylation sites (tertiary alicyclic amines) is 1. The molecule has 1 aliphatic heterocycles. The third-order valence-corrected chi connectivity index (χ3v) is 7.00. The molecule has 1 saturated heterocycles. The quantitative estimate of drug-likeness (QED) is 0.300. The second-order valence-electron chi connectivity index (χ2n) is 11.2. The minimum Gasteiger partial charge on any atom is -0.444 e. The lowest BCUT2D eigenvalue weighted by atomic mass is 10.0. The van der Waals surface area contributed by atoms with Gasteiger partial charge in [-0.1, -0.05) is 5.16 Å². The number of H-pyrrole nitrogens is 1. The topological polar surface area (TPSA) is 131 Å². The number of alkyl halides is 3. The summed E-state index contributed by atoms with van der Waals surface area (Å²) in [5.74, 6) is 0.546. The summed E-state index contributed by atoms with van der Waals surface area (Å²) in [5.41, 5.74) is 0.554. The van der Waals surface area contributed by atoms with Crippen LogP contribution in [0.25, 0.3) is 33.5 Å². The number of aromatic nitrogens is 5. The van der Waals surface area contributed by atoms with Crippen LogP contribution in [0.3, 0.4) is 0 Å². The third kappa shape index (κ3) is 5.89. The van der Waals surface area contributed by atoms with Crippen LogP contribution >= 0.6 is 0 Å². The summed E-state index contributed by atoms with van der Waals surface area (Å²) in [5, 5.41) is 7.49. The first-order valence-electron chi connectivity index (χ1n) is 13.4. The number of aromatic amines is 1. The molecule has 224 valence electrons. The molecule has 0 spiro atoms. The van der Waals surface area contributed by atoms with Crippen LogP contribution in [0.2, 0.25) is 0 Å². The fourth-order valence-electron chi connectivity index (χ4n) is 5.06. The molecule has 0 aliphatic carbocycles. The largest absolute Gasteiger partial charge is 0.444 e. The van der Waals surface area contributed by atoms with Crippen LogP contribution in [-0.4, -0.2) is 74.0 Å². The van der Waals surface area contributed by atoms with Crippen LogP contribution in [0.5, 0.6) is 0 Å². The van der Waals surface area contributed by atoms with E-state index in [2.05, 4.69) is 30.4 Å². The Morgan fingerprint density at radius 2 is 1.95 bits per heavy atom. The fourth-order valence-corrected chi connectivity index (χ4v) is 5.06. The van der Waals surface area contributed by atoms with Gasteiger partial charge in [0.05, 0.1) is 34.8 Å². The molecule has 0 bridgehead atoms. The van der Waals surface area contributed by atoms with Gasteiger partial charge >= 0.3 is 12.3 Å². The molecule has 14 heteroatoms. The van der Waals surface area contributed by atoms with Crippen molar-refractivity contribution in [3.05, 3.63) is 41.5 Å². The smallest absolute Gasteiger partial charge is 0.419 e. The second-order valence-corrected chi connectivity index (χ2v) is 11.2. The number of aryl methyl sites for hydroxylation is 2. The van der Waals surface area contributed by atoms with Crippen molar-refractivity contribution in [3.8, 4) is 22.5 Å². The number of nitrogens with zero attached hydrogens (tertiary/aromatic N) is 5. The van der Waals surface area contributed by atoms with E-state index in [0.717, 1.165) is 11.8 Å². The molecule has 1 amide bonds. The Balaban J connectivity index is 1.49. The first-order chi connectivity index (χ1) is 19.7. The summed E-state index contributed by atoms with van der Waals surface area (Å²) in [6.45, 7) is 9.47. The Morgan fingerprint density at radius 3 is 2.60 bits per heavy atom. The Kier molecular flexibility index (Phi) is 7.60. The second kappa shape index (κ2) is 10.9. The predicted octanol–water partition coefficient (Wildman–Crippen LogP) is 5.75. The van der Waals surface area contributed by atoms with Crippen molar-refractivity contribution in [1.29, 1.82) is 0 Å². The molecule has 0 saturated carbocycles. The van der Waals surface area contributed by atoms with Gasteiger partial charge in [-0.25, -0.2) is 19.7 Å². The zero-order valence-corrected chi connectivity index (χ0v) is 24.1. The Morgan fingerprint density at radius 1 is 1.19 bits per heavy atom. The number of pyridine rings is 1. The highest BCUT2D eigenvalue weighted by molar-refractivity contribution is 5.94. The summed E-state index contributed by atoms with van der Waals surface area (Å²) in [4.78, 5) is 30.1. The molecule has 11 nitrogen and oxygen atoms in total. The number of anilines is 1. The lowest BCUT2D eigenvalue weighted by Crippen LogP contribution is -2.53. The molecule has 2 N–H and O–H groups in total. The molecule has 1 fully saturated rings. The van der Waals surface area contributed by atoms with Crippen LogP contribution in [-0.2, 0) is 15.7 Å². The van der Waals surface area contributed by atoms with Gasteiger partial charge in [0, 0.05) is 43.5 Å². The molecular weight excluding hydrogens is 555 g/mol. The number of fused-ring (bicyclic) bond motifs is 1. The molecular formula is C28H32F3N7O4. The van der Waals surface area contributed by atoms with E-state index in [1.807, 2.05) is 0 Å². The Hall–Kier alpha value is -4.20. The van der Waals surface area contributed by atoms with Gasteiger partial charge in [-0.15, -0.1) is 0 Å². The maximum atomic E-state index is 14.1. The minimum absolute atomic E-state index is 0.0364. The van der Waals surface area contributed by atoms with Crippen molar-refractivity contribution < 1.29 is 32.0 Å². The first-order valence-corrected chi connectivity index (χ1v) is 13.4. The summed E-state index contributed by atoms with van der Waals surface area (Å²) in [6, 6.07) is 2.89. The van der Waals surface area contributed by atoms with E-state index in [9.17, 15) is 18.0 Å². The maximum absolute atomic E-state index is 14.1. The van der Waals surface area contributed by atoms with Crippen LogP contribution in [0.15, 0.2) is 29.0 Å². The SMILES string of the molecule is CO[C@@H]1CCN(C(=O)OC(C)(C)C)CC1Nc1ncc(C(F)(F)F)c(-c2c[nH]c3nc(-c4c(C)noc4C)ccc23)n1. The zero-order chi connectivity index (χ0) is 30.4. The van der Waals surface area contributed by atoms with Gasteiger partial charge in [-0.05, 0) is 53.2 Å². The van der Waals surface area contributed by atoms with E-state index >= 15 is 0 Å². The number of halogens is 3. The molecule has 0 aromatic carbocycles. The molecule has 1 aliphatic rings. The van der Waals surface area contributed by atoms with Crippen LogP contribution in [0, 0.1) is 13.8 Å². The van der Waals surface area contributed by atoms with Crippen molar-refractivity contribution in [3.63, 3.8) is 0 Å². The van der Waals surface area contributed by atoms with E-state index < -0.39 is 29.5 Å². The molecule has 2 atom stereocenters. The number of rotatable bonds is 5. The Bertz CT molecular complexity index is 1590. The fraction of sp³-hybridized carbons (Fsp3) is 0.464. The van der Waals surface area contributed by atoms with Gasteiger partial charge in [-0.3, -0.25) is 0 Å². The number of carbonyl (C=O) groups excluding carboxylic acids is 1. The van der Waals surface area contributed by atoms with Gasteiger partial charge in [0.1, 0.15) is 22.6 Å². The van der Waals surface area contributed by atoms with E-state index in [4.69, 9.17) is 14.0 Å². The lowest BCUT2D eigenvalue weighted by molar-refractivity contribution is -0.137. The van der Waals surface area contributed by atoms with E-state index in [0.29, 0.717) is 41.1 Å². The normalized spacial score (nSPS) is 18.0. The lowest BCUT2D eigenvalue weighted by Gasteiger charge is -2.38. The van der Waals surface area contributed by atoms with E-state index in [1.165, 1.54) is 18.2 Å². The molecule has 4 aromatic rings. The van der Waals surface area contributed by atoms with Crippen molar-refractivity contribution in [2.45, 2.75) is 65.0 Å². The summed E-state index contributed by atoms with van der Waals surface area (Å²) < 4.78 is 58.8. The predicted molar refractivity (Wildman–Crippen MR) is 148 cm³/mol. The molecule has 0 radical (unpaired) electrons. The number of methoxy groups -OCH3 is 1. The summed E-state index contributed by atoms with van der Waals surface area (Å²) in [6.07, 6.45) is -2.85. The van der Waals surface area contributed by atoms with Crippen molar-refractivity contribution >= 4 is 23.1 Å². The van der Waals surface area contributed by atoms with Crippen LogP contribution in [0.1, 0.15) is 44.2 Å². The number of hydrogen-bond acceptors (Lipinski definition) is 9. The van der Waals surface area contributed by atoms with Gasteiger partial charge in [0.25, 0.3) is 0 Å². The van der Waals surface area contributed by atoms with Crippen LogP contribution < -0.4 is 5.32 Å². The number of piperidine rings is 1.